The minimum Gasteiger partial charge on any atom is -0.416 e. The third kappa shape index (κ3) is 4.62. The van der Waals surface area contributed by atoms with Crippen LogP contribution >= 0.6 is 0 Å². The van der Waals surface area contributed by atoms with Crippen LogP contribution in [0.1, 0.15) is 30.7 Å². The molecule has 0 bridgehead atoms. The smallest absolute Gasteiger partial charge is 0.416 e. The SMILES string of the molecule is C[C@@H]1CCN(Cc2ccccc2)C[C@@H]1N(C)Cc1nnc(C(F)(F)F)o1. The van der Waals surface area contributed by atoms with Gasteiger partial charge in [0.1, 0.15) is 0 Å². The Hall–Kier alpha value is -1.93. The van der Waals surface area contributed by atoms with Gasteiger partial charge in [-0.2, -0.15) is 13.2 Å². The molecule has 0 spiro atoms. The van der Waals surface area contributed by atoms with E-state index in [2.05, 4.69) is 34.2 Å². The zero-order valence-corrected chi connectivity index (χ0v) is 14.9. The monoisotopic (exact) mass is 368 g/mol. The Kier molecular flexibility index (Phi) is 5.62. The average Bonchev–Trinajstić information content (AvgIpc) is 3.06. The molecule has 0 N–H and O–H groups in total. The topological polar surface area (TPSA) is 45.4 Å². The predicted molar refractivity (Wildman–Crippen MR) is 90.1 cm³/mol. The van der Waals surface area contributed by atoms with E-state index in [0.29, 0.717) is 5.92 Å². The first kappa shape index (κ1) is 18.8. The molecule has 0 saturated carbocycles. The zero-order chi connectivity index (χ0) is 18.7. The lowest BCUT2D eigenvalue weighted by atomic mass is 9.92. The standard InChI is InChI=1S/C18H23F3N4O/c1-13-8-9-25(10-14-6-4-3-5-7-14)11-15(13)24(2)12-16-22-23-17(26-16)18(19,20)21/h3-7,13,15H,8-12H2,1-2H3/t13-,15+/m1/s1. The van der Waals surface area contributed by atoms with Crippen LogP contribution in [-0.2, 0) is 19.3 Å². The lowest BCUT2D eigenvalue weighted by Crippen LogP contribution is -2.50. The van der Waals surface area contributed by atoms with E-state index in [4.69, 9.17) is 4.42 Å². The fourth-order valence-electron chi connectivity index (χ4n) is 3.44. The summed E-state index contributed by atoms with van der Waals surface area (Å²) in [4.78, 5) is 4.39. The number of piperidine rings is 1. The maximum Gasteiger partial charge on any atom is 0.470 e. The Morgan fingerprint density at radius 2 is 1.96 bits per heavy atom. The van der Waals surface area contributed by atoms with Crippen molar-refractivity contribution >= 4 is 0 Å². The summed E-state index contributed by atoms with van der Waals surface area (Å²) in [7, 11) is 1.89. The number of likely N-dealkylation sites (tertiary alicyclic amines) is 1. The van der Waals surface area contributed by atoms with Crippen molar-refractivity contribution in [3.8, 4) is 0 Å². The van der Waals surface area contributed by atoms with Crippen LogP contribution in [0.5, 0.6) is 0 Å². The maximum absolute atomic E-state index is 12.6. The molecule has 1 fully saturated rings. The third-order valence-electron chi connectivity index (χ3n) is 4.91. The second-order valence-corrected chi connectivity index (χ2v) is 6.97. The largest absolute Gasteiger partial charge is 0.470 e. The van der Waals surface area contributed by atoms with Crippen molar-refractivity contribution in [2.45, 2.75) is 38.7 Å². The van der Waals surface area contributed by atoms with Gasteiger partial charge in [-0.05, 0) is 31.5 Å². The van der Waals surface area contributed by atoms with E-state index in [9.17, 15) is 13.2 Å². The number of hydrogen-bond donors (Lipinski definition) is 0. The van der Waals surface area contributed by atoms with Crippen LogP contribution in [0.25, 0.3) is 0 Å². The summed E-state index contributed by atoms with van der Waals surface area (Å²) in [5.74, 6) is -0.854. The van der Waals surface area contributed by atoms with Crippen LogP contribution in [0, 0.1) is 5.92 Å². The van der Waals surface area contributed by atoms with Gasteiger partial charge in [-0.1, -0.05) is 37.3 Å². The van der Waals surface area contributed by atoms with E-state index in [1.165, 1.54) is 5.56 Å². The highest BCUT2D eigenvalue weighted by molar-refractivity contribution is 5.14. The van der Waals surface area contributed by atoms with E-state index in [-0.39, 0.29) is 18.5 Å². The van der Waals surface area contributed by atoms with Crippen LogP contribution in [0.15, 0.2) is 34.7 Å². The Morgan fingerprint density at radius 1 is 1.23 bits per heavy atom. The number of aromatic nitrogens is 2. The Labute approximate surface area is 150 Å². The summed E-state index contributed by atoms with van der Waals surface area (Å²) in [5.41, 5.74) is 1.26. The molecule has 0 unspecified atom stereocenters. The minimum atomic E-state index is -4.60. The van der Waals surface area contributed by atoms with Crippen molar-refractivity contribution in [1.82, 2.24) is 20.0 Å². The number of rotatable bonds is 5. The van der Waals surface area contributed by atoms with Gasteiger partial charge in [0, 0.05) is 19.1 Å². The van der Waals surface area contributed by atoms with Crippen molar-refractivity contribution in [2.75, 3.05) is 20.1 Å². The van der Waals surface area contributed by atoms with Crippen LogP contribution in [-0.4, -0.2) is 46.2 Å². The van der Waals surface area contributed by atoms with Gasteiger partial charge in [-0.15, -0.1) is 10.2 Å². The van der Waals surface area contributed by atoms with E-state index >= 15 is 0 Å². The summed E-state index contributed by atoms with van der Waals surface area (Å²) in [6.07, 6.45) is -3.56. The number of likely N-dealkylation sites (N-methyl/N-ethyl adjacent to an activating group) is 1. The molecule has 1 aromatic heterocycles. The molecule has 2 heterocycles. The number of hydrogen-bond acceptors (Lipinski definition) is 5. The summed E-state index contributed by atoms with van der Waals surface area (Å²) in [6.45, 7) is 5.12. The van der Waals surface area contributed by atoms with Gasteiger partial charge in [0.15, 0.2) is 0 Å². The Morgan fingerprint density at radius 3 is 2.62 bits per heavy atom. The molecule has 8 heteroatoms. The lowest BCUT2D eigenvalue weighted by Gasteiger charge is -2.41. The normalized spacial score (nSPS) is 22.1. The number of benzene rings is 1. The van der Waals surface area contributed by atoms with E-state index in [0.717, 1.165) is 26.1 Å². The second-order valence-electron chi connectivity index (χ2n) is 6.97. The molecule has 2 aromatic rings. The first-order valence-corrected chi connectivity index (χ1v) is 8.69. The van der Waals surface area contributed by atoms with Gasteiger partial charge in [0.05, 0.1) is 6.54 Å². The molecule has 0 amide bonds. The highest BCUT2D eigenvalue weighted by atomic mass is 19.4. The van der Waals surface area contributed by atoms with Crippen LogP contribution in [0.3, 0.4) is 0 Å². The Bertz CT molecular complexity index is 704. The van der Waals surface area contributed by atoms with Gasteiger partial charge in [-0.25, -0.2) is 0 Å². The van der Waals surface area contributed by atoms with Crippen LogP contribution in [0.2, 0.25) is 0 Å². The first-order valence-electron chi connectivity index (χ1n) is 8.69. The molecule has 142 valence electrons. The van der Waals surface area contributed by atoms with Crippen molar-refractivity contribution in [1.29, 1.82) is 0 Å². The average molecular weight is 368 g/mol. The molecule has 26 heavy (non-hydrogen) atoms. The lowest BCUT2D eigenvalue weighted by molar-refractivity contribution is -0.157. The fourth-order valence-corrected chi connectivity index (χ4v) is 3.44. The number of alkyl halides is 3. The molecule has 2 atom stereocenters. The van der Waals surface area contributed by atoms with Gasteiger partial charge in [0.2, 0.25) is 5.89 Å². The molecule has 1 saturated heterocycles. The summed E-state index contributed by atoms with van der Waals surface area (Å²) >= 11 is 0. The van der Waals surface area contributed by atoms with Gasteiger partial charge < -0.3 is 4.42 Å². The summed E-state index contributed by atoms with van der Waals surface area (Å²) < 4.78 is 42.6. The summed E-state index contributed by atoms with van der Waals surface area (Å²) in [5, 5.41) is 6.63. The van der Waals surface area contributed by atoms with E-state index in [1.54, 1.807) is 0 Å². The molecule has 0 radical (unpaired) electrons. The molecule has 5 nitrogen and oxygen atoms in total. The predicted octanol–water partition coefficient (Wildman–Crippen LogP) is 3.43. The molecular weight excluding hydrogens is 345 g/mol. The molecule has 3 rings (SSSR count). The molecule has 1 aliphatic heterocycles. The van der Waals surface area contributed by atoms with Gasteiger partial charge in [0.25, 0.3) is 0 Å². The fraction of sp³-hybridized carbons (Fsp3) is 0.556. The van der Waals surface area contributed by atoms with Crippen molar-refractivity contribution in [3.63, 3.8) is 0 Å². The molecule has 0 aliphatic carbocycles. The highest BCUT2D eigenvalue weighted by Crippen LogP contribution is 2.28. The quantitative estimate of drug-likeness (QED) is 0.809. The molecule has 1 aliphatic rings. The first-order chi connectivity index (χ1) is 12.3. The number of nitrogens with zero attached hydrogens (tertiary/aromatic N) is 4. The zero-order valence-electron chi connectivity index (χ0n) is 14.9. The molecule has 1 aromatic carbocycles. The van der Waals surface area contributed by atoms with E-state index < -0.39 is 12.1 Å². The number of halogens is 3. The second kappa shape index (κ2) is 7.75. The van der Waals surface area contributed by atoms with Crippen LogP contribution < -0.4 is 0 Å². The Balaban J connectivity index is 1.61. The van der Waals surface area contributed by atoms with Crippen molar-refractivity contribution in [3.05, 3.63) is 47.7 Å². The van der Waals surface area contributed by atoms with Crippen molar-refractivity contribution < 1.29 is 17.6 Å². The summed E-state index contributed by atoms with van der Waals surface area (Å²) in [6, 6.07) is 10.5. The van der Waals surface area contributed by atoms with Crippen molar-refractivity contribution in [2.24, 2.45) is 5.92 Å². The maximum atomic E-state index is 12.6. The molecular formula is C18H23F3N4O. The third-order valence-corrected chi connectivity index (χ3v) is 4.91. The van der Waals surface area contributed by atoms with Gasteiger partial charge in [-0.3, -0.25) is 9.80 Å². The van der Waals surface area contributed by atoms with Gasteiger partial charge >= 0.3 is 12.1 Å². The van der Waals surface area contributed by atoms with E-state index in [1.807, 2.05) is 30.1 Å². The minimum absolute atomic E-state index is 0.00721. The van der Waals surface area contributed by atoms with Crippen LogP contribution in [0.4, 0.5) is 13.2 Å². The highest BCUT2D eigenvalue weighted by Gasteiger charge is 2.38.